The first kappa shape index (κ1) is 14.8. The Balaban J connectivity index is 1.84. The Morgan fingerprint density at radius 2 is 0.769 bits per heavy atom. The van der Waals surface area contributed by atoms with E-state index in [9.17, 15) is 22.4 Å². The summed E-state index contributed by atoms with van der Waals surface area (Å²) in [6.07, 6.45) is 0. The highest BCUT2D eigenvalue weighted by Crippen LogP contribution is 2.34. The number of benzene rings is 2. The van der Waals surface area contributed by atoms with Crippen LogP contribution in [0.2, 0.25) is 0 Å². The number of aromatic nitrogens is 4. The number of rotatable bonds is 0. The minimum absolute atomic E-state index is 0.00884. The molecule has 0 unspecified atom stereocenters. The van der Waals surface area contributed by atoms with Gasteiger partial charge in [0.15, 0.2) is 23.3 Å². The predicted molar refractivity (Wildman–Crippen MR) is 81.3 cm³/mol. The number of hydrogen-bond donors (Lipinski definition) is 0. The van der Waals surface area contributed by atoms with Crippen molar-refractivity contribution in [1.82, 2.24) is 19.9 Å². The molecule has 0 atom stereocenters. The maximum Gasteiger partial charge on any atom is 0.234 e. The summed E-state index contributed by atoms with van der Waals surface area (Å²) in [5.74, 6) is -5.10. The van der Waals surface area contributed by atoms with Crippen LogP contribution in [-0.4, -0.2) is 25.7 Å². The van der Waals surface area contributed by atoms with Gasteiger partial charge in [0.05, 0.1) is 22.1 Å². The first-order valence-electron chi connectivity index (χ1n) is 7.31. The van der Waals surface area contributed by atoms with Crippen molar-refractivity contribution in [3.63, 3.8) is 0 Å². The lowest BCUT2D eigenvalue weighted by molar-refractivity contribution is 0.103. The highest BCUT2D eigenvalue weighted by Gasteiger charge is 2.34. The Morgan fingerprint density at radius 1 is 0.500 bits per heavy atom. The second-order valence-corrected chi connectivity index (χ2v) is 5.68. The lowest BCUT2D eigenvalue weighted by atomic mass is 10.2. The van der Waals surface area contributed by atoms with Crippen molar-refractivity contribution in [3.8, 4) is 11.4 Å². The van der Waals surface area contributed by atoms with E-state index in [1.54, 1.807) is 0 Å². The fourth-order valence-corrected chi connectivity index (χ4v) is 2.86. The molecule has 2 heterocycles. The van der Waals surface area contributed by atoms with Gasteiger partial charge in [-0.25, -0.2) is 37.5 Å². The Hall–Kier alpha value is -3.49. The van der Waals surface area contributed by atoms with E-state index >= 15 is 0 Å². The summed E-state index contributed by atoms with van der Waals surface area (Å²) in [5, 5.41) is 0. The maximum atomic E-state index is 13.4. The molecular weight excluding hydrogens is 352 g/mol. The molecular formula is C17H4F4N4O. The summed E-state index contributed by atoms with van der Waals surface area (Å²) in [4.78, 5) is 28.9. The third kappa shape index (κ3) is 1.88. The van der Waals surface area contributed by atoms with Crippen molar-refractivity contribution in [2.24, 2.45) is 0 Å². The summed E-state index contributed by atoms with van der Waals surface area (Å²) >= 11 is 0. The van der Waals surface area contributed by atoms with Gasteiger partial charge in [-0.2, -0.15) is 0 Å². The van der Waals surface area contributed by atoms with Crippen molar-refractivity contribution in [1.29, 1.82) is 0 Å². The van der Waals surface area contributed by atoms with E-state index in [4.69, 9.17) is 0 Å². The van der Waals surface area contributed by atoms with Crippen LogP contribution in [0.4, 0.5) is 17.6 Å². The normalized spacial score (nSPS) is 12.7. The molecule has 5 rings (SSSR count). The fourth-order valence-electron chi connectivity index (χ4n) is 2.86. The average Bonchev–Trinajstić information content (AvgIpc) is 2.85. The molecule has 5 nitrogen and oxygen atoms in total. The van der Waals surface area contributed by atoms with Crippen LogP contribution in [0.5, 0.6) is 0 Å². The van der Waals surface area contributed by atoms with Gasteiger partial charge in [-0.05, 0) is 0 Å². The van der Waals surface area contributed by atoms with E-state index < -0.39 is 29.1 Å². The Labute approximate surface area is 141 Å². The number of fused-ring (bicyclic) bond motifs is 5. The molecule has 0 amide bonds. The number of carbonyl (C=O) groups excluding carboxylic acids is 1. The van der Waals surface area contributed by atoms with Crippen molar-refractivity contribution in [2.75, 3.05) is 0 Å². The zero-order valence-electron chi connectivity index (χ0n) is 12.5. The minimum Gasteiger partial charge on any atom is -0.285 e. The smallest absolute Gasteiger partial charge is 0.234 e. The third-order valence-electron chi connectivity index (χ3n) is 4.07. The SMILES string of the molecule is O=C1c2nc3cc(F)c(F)cc3nc2-c2nc3cc(F)c(F)cc3nc21. The Kier molecular flexibility index (Phi) is 2.72. The zero-order valence-corrected chi connectivity index (χ0v) is 12.5. The second kappa shape index (κ2) is 4.78. The number of hydrogen-bond acceptors (Lipinski definition) is 5. The van der Waals surface area contributed by atoms with Crippen molar-refractivity contribution in [3.05, 3.63) is 58.9 Å². The molecule has 26 heavy (non-hydrogen) atoms. The van der Waals surface area contributed by atoms with Crippen molar-refractivity contribution >= 4 is 27.9 Å². The number of carbonyl (C=O) groups is 1. The van der Waals surface area contributed by atoms with Gasteiger partial charge in [0, 0.05) is 24.3 Å². The number of nitrogens with zero attached hydrogens (tertiary/aromatic N) is 4. The molecule has 0 radical (unpaired) electrons. The van der Waals surface area contributed by atoms with Crippen molar-refractivity contribution in [2.45, 2.75) is 0 Å². The molecule has 0 N–H and O–H groups in total. The van der Waals surface area contributed by atoms with Crippen LogP contribution in [-0.2, 0) is 0 Å². The van der Waals surface area contributed by atoms with E-state index in [-0.39, 0.29) is 44.8 Å². The van der Waals surface area contributed by atoms with Gasteiger partial charge in [0.1, 0.15) is 22.8 Å². The lowest BCUT2D eigenvalue weighted by Gasteiger charge is -2.03. The minimum atomic E-state index is -1.12. The zero-order chi connectivity index (χ0) is 18.2. The van der Waals surface area contributed by atoms with E-state index in [2.05, 4.69) is 19.9 Å². The number of ketones is 1. The van der Waals surface area contributed by atoms with Gasteiger partial charge in [-0.15, -0.1) is 0 Å². The molecule has 0 fully saturated rings. The van der Waals surface area contributed by atoms with E-state index in [0.717, 1.165) is 24.3 Å². The van der Waals surface area contributed by atoms with E-state index in [0.29, 0.717) is 0 Å². The van der Waals surface area contributed by atoms with Crippen LogP contribution in [0.1, 0.15) is 16.2 Å². The predicted octanol–water partition coefficient (Wildman–Crippen LogP) is 3.34. The highest BCUT2D eigenvalue weighted by molar-refractivity contribution is 6.19. The Morgan fingerprint density at radius 3 is 1.08 bits per heavy atom. The monoisotopic (exact) mass is 356 g/mol. The topological polar surface area (TPSA) is 68.6 Å². The third-order valence-corrected chi connectivity index (χ3v) is 4.07. The van der Waals surface area contributed by atoms with Gasteiger partial charge >= 0.3 is 0 Å². The van der Waals surface area contributed by atoms with Gasteiger partial charge in [0.25, 0.3) is 0 Å². The second-order valence-electron chi connectivity index (χ2n) is 5.68. The summed E-state index contributed by atoms with van der Waals surface area (Å²) < 4.78 is 53.7. The molecule has 0 bridgehead atoms. The summed E-state index contributed by atoms with van der Waals surface area (Å²) in [6, 6.07) is 3.36. The van der Waals surface area contributed by atoms with Crippen LogP contribution >= 0.6 is 0 Å². The molecule has 1 aliphatic rings. The van der Waals surface area contributed by atoms with E-state index in [1.165, 1.54) is 0 Å². The highest BCUT2D eigenvalue weighted by atomic mass is 19.2. The summed E-state index contributed by atoms with van der Waals surface area (Å²) in [6.45, 7) is 0. The molecule has 0 aliphatic heterocycles. The van der Waals surface area contributed by atoms with E-state index in [1.807, 2.05) is 0 Å². The molecule has 2 aromatic carbocycles. The maximum absolute atomic E-state index is 13.4. The van der Waals surface area contributed by atoms with Crippen LogP contribution in [0.15, 0.2) is 24.3 Å². The van der Waals surface area contributed by atoms with Crippen LogP contribution < -0.4 is 0 Å². The molecule has 0 saturated carbocycles. The van der Waals surface area contributed by atoms with Crippen LogP contribution in [0, 0.1) is 23.3 Å². The molecule has 126 valence electrons. The van der Waals surface area contributed by atoms with Crippen LogP contribution in [0.3, 0.4) is 0 Å². The molecule has 0 spiro atoms. The molecule has 4 aromatic rings. The summed E-state index contributed by atoms with van der Waals surface area (Å²) in [7, 11) is 0. The average molecular weight is 356 g/mol. The van der Waals surface area contributed by atoms with Crippen molar-refractivity contribution < 1.29 is 22.4 Å². The number of halogens is 4. The van der Waals surface area contributed by atoms with Crippen LogP contribution in [0.25, 0.3) is 33.5 Å². The Bertz CT molecular complexity index is 1210. The fraction of sp³-hybridized carbons (Fsp3) is 0. The largest absolute Gasteiger partial charge is 0.285 e. The van der Waals surface area contributed by atoms with Gasteiger partial charge in [-0.1, -0.05) is 0 Å². The quantitative estimate of drug-likeness (QED) is 0.398. The molecule has 9 heteroatoms. The standard InChI is InChI=1S/C17H4F4N4O/c18-5-1-9-11(3-7(5)20)24-15-13(22-9)14-16(17(15)26)25-12-4-8(21)6(19)2-10(12)23-14/h1-4H. The summed E-state index contributed by atoms with van der Waals surface area (Å²) in [5.41, 5.74) is -0.170. The first-order valence-corrected chi connectivity index (χ1v) is 7.31. The van der Waals surface area contributed by atoms with Gasteiger partial charge < -0.3 is 0 Å². The van der Waals surface area contributed by atoms with Gasteiger partial charge in [-0.3, -0.25) is 4.79 Å². The van der Waals surface area contributed by atoms with Gasteiger partial charge in [0.2, 0.25) is 5.78 Å². The first-order chi connectivity index (χ1) is 12.4. The lowest BCUT2D eigenvalue weighted by Crippen LogP contribution is -2.03. The molecule has 2 aromatic heterocycles. The molecule has 1 aliphatic carbocycles. The molecule has 0 saturated heterocycles.